The normalized spacial score (nSPS) is 12.7. The van der Waals surface area contributed by atoms with Crippen molar-refractivity contribution in [1.29, 1.82) is 0 Å². The number of hydrogen-bond donors (Lipinski definition) is 0. The molecule has 2 rings (SSSR count). The van der Waals surface area contributed by atoms with E-state index in [1.165, 1.54) is 0 Å². The van der Waals surface area contributed by atoms with Crippen molar-refractivity contribution >= 4 is 34.2 Å². The Morgan fingerprint density at radius 2 is 2.13 bits per heavy atom. The summed E-state index contributed by atoms with van der Waals surface area (Å²) in [6, 6.07) is 7.83. The number of halogens is 2. The standard InChI is InChI=1S/C10H8ClIN2O/c1-6(11)9-13-10(15-14-9)7-4-2-3-5-8(7)12/h2-6H,1H3. The van der Waals surface area contributed by atoms with E-state index in [2.05, 4.69) is 32.7 Å². The average Bonchev–Trinajstić information content (AvgIpc) is 2.67. The fourth-order valence-corrected chi connectivity index (χ4v) is 1.85. The molecule has 0 saturated heterocycles. The molecule has 0 radical (unpaired) electrons. The largest absolute Gasteiger partial charge is 0.334 e. The van der Waals surface area contributed by atoms with Crippen molar-refractivity contribution in [2.45, 2.75) is 12.3 Å². The third-order valence-electron chi connectivity index (χ3n) is 1.90. The van der Waals surface area contributed by atoms with E-state index in [9.17, 15) is 0 Å². The van der Waals surface area contributed by atoms with Gasteiger partial charge in [0.25, 0.3) is 5.89 Å². The Labute approximate surface area is 106 Å². The molecule has 2 aromatic rings. The molecule has 0 aliphatic carbocycles. The molecular weight excluding hydrogens is 326 g/mol. The van der Waals surface area contributed by atoms with Gasteiger partial charge in [0.2, 0.25) is 0 Å². The molecule has 1 heterocycles. The lowest BCUT2D eigenvalue weighted by Gasteiger charge is -1.96. The first-order valence-electron chi connectivity index (χ1n) is 4.41. The molecule has 5 heteroatoms. The van der Waals surface area contributed by atoms with Crippen LogP contribution in [-0.4, -0.2) is 10.1 Å². The van der Waals surface area contributed by atoms with Crippen LogP contribution in [0.2, 0.25) is 0 Å². The number of rotatable bonds is 2. The van der Waals surface area contributed by atoms with Crippen molar-refractivity contribution in [3.63, 3.8) is 0 Å². The maximum atomic E-state index is 5.86. The highest BCUT2D eigenvalue weighted by molar-refractivity contribution is 14.1. The summed E-state index contributed by atoms with van der Waals surface area (Å²) in [7, 11) is 0. The first-order valence-corrected chi connectivity index (χ1v) is 5.92. The van der Waals surface area contributed by atoms with E-state index in [4.69, 9.17) is 16.1 Å². The third kappa shape index (κ3) is 2.31. The summed E-state index contributed by atoms with van der Waals surface area (Å²) >= 11 is 8.09. The molecule has 0 aliphatic rings. The molecular formula is C10H8ClIN2O. The lowest BCUT2D eigenvalue weighted by atomic mass is 10.2. The lowest BCUT2D eigenvalue weighted by Crippen LogP contribution is -1.87. The van der Waals surface area contributed by atoms with Crippen LogP contribution in [0.25, 0.3) is 11.5 Å². The van der Waals surface area contributed by atoms with Crippen LogP contribution in [-0.2, 0) is 0 Å². The highest BCUT2D eigenvalue weighted by Gasteiger charge is 2.13. The Kier molecular flexibility index (Phi) is 3.25. The van der Waals surface area contributed by atoms with Crippen molar-refractivity contribution in [2.24, 2.45) is 0 Å². The van der Waals surface area contributed by atoms with Crippen molar-refractivity contribution in [3.8, 4) is 11.5 Å². The van der Waals surface area contributed by atoms with Gasteiger partial charge in [-0.15, -0.1) is 11.6 Å². The highest BCUT2D eigenvalue weighted by atomic mass is 127. The molecule has 15 heavy (non-hydrogen) atoms. The van der Waals surface area contributed by atoms with Crippen molar-refractivity contribution in [3.05, 3.63) is 33.7 Å². The maximum absolute atomic E-state index is 5.86. The molecule has 3 nitrogen and oxygen atoms in total. The fraction of sp³-hybridized carbons (Fsp3) is 0.200. The number of nitrogens with zero attached hydrogens (tertiary/aromatic N) is 2. The van der Waals surface area contributed by atoms with Gasteiger partial charge in [-0.1, -0.05) is 17.3 Å². The van der Waals surface area contributed by atoms with E-state index < -0.39 is 0 Å². The van der Waals surface area contributed by atoms with Crippen LogP contribution < -0.4 is 0 Å². The van der Waals surface area contributed by atoms with Crippen molar-refractivity contribution in [2.75, 3.05) is 0 Å². The quantitative estimate of drug-likeness (QED) is 0.622. The van der Waals surface area contributed by atoms with Gasteiger partial charge < -0.3 is 4.52 Å². The summed E-state index contributed by atoms with van der Waals surface area (Å²) in [5, 5.41) is 3.58. The van der Waals surface area contributed by atoms with Crippen molar-refractivity contribution in [1.82, 2.24) is 10.1 Å². The first kappa shape index (κ1) is 10.9. The van der Waals surface area contributed by atoms with Gasteiger partial charge in [-0.05, 0) is 41.6 Å². The summed E-state index contributed by atoms with van der Waals surface area (Å²) in [5.74, 6) is 1.04. The number of benzene rings is 1. The molecule has 0 aliphatic heterocycles. The van der Waals surface area contributed by atoms with Gasteiger partial charge >= 0.3 is 0 Å². The van der Waals surface area contributed by atoms with Crippen LogP contribution in [0.3, 0.4) is 0 Å². The zero-order valence-corrected chi connectivity index (χ0v) is 10.9. The van der Waals surface area contributed by atoms with E-state index in [0.717, 1.165) is 9.13 Å². The van der Waals surface area contributed by atoms with Crippen LogP contribution in [0, 0.1) is 3.57 Å². The molecule has 1 unspecified atom stereocenters. The molecule has 0 spiro atoms. The zero-order chi connectivity index (χ0) is 10.8. The lowest BCUT2D eigenvalue weighted by molar-refractivity contribution is 0.422. The van der Waals surface area contributed by atoms with E-state index in [-0.39, 0.29) is 5.38 Å². The van der Waals surface area contributed by atoms with Crippen LogP contribution in [0.15, 0.2) is 28.8 Å². The fourth-order valence-electron chi connectivity index (χ4n) is 1.14. The second-order valence-electron chi connectivity index (χ2n) is 3.05. The van der Waals surface area contributed by atoms with Crippen LogP contribution in [0.1, 0.15) is 18.1 Å². The summed E-state index contributed by atoms with van der Waals surface area (Å²) in [5.41, 5.74) is 0.939. The van der Waals surface area contributed by atoms with Gasteiger partial charge in [0.1, 0.15) is 0 Å². The van der Waals surface area contributed by atoms with E-state index in [1.54, 1.807) is 0 Å². The maximum Gasteiger partial charge on any atom is 0.259 e. The number of hydrogen-bond acceptors (Lipinski definition) is 3. The molecule has 0 saturated carbocycles. The Bertz CT molecular complexity index is 470. The number of aromatic nitrogens is 2. The second-order valence-corrected chi connectivity index (χ2v) is 4.87. The van der Waals surface area contributed by atoms with Crippen molar-refractivity contribution < 1.29 is 4.52 Å². The van der Waals surface area contributed by atoms with Gasteiger partial charge in [-0.2, -0.15) is 4.98 Å². The minimum atomic E-state index is -0.233. The third-order valence-corrected chi connectivity index (χ3v) is 3.04. The summed E-state index contributed by atoms with van der Waals surface area (Å²) in [6.07, 6.45) is 0. The predicted octanol–water partition coefficient (Wildman–Crippen LogP) is 3.64. The van der Waals surface area contributed by atoms with Gasteiger partial charge in [0, 0.05) is 3.57 Å². The molecule has 0 amide bonds. The smallest absolute Gasteiger partial charge is 0.259 e. The van der Waals surface area contributed by atoms with Crippen LogP contribution in [0.5, 0.6) is 0 Å². The van der Waals surface area contributed by atoms with Gasteiger partial charge in [0.05, 0.1) is 10.9 Å². The van der Waals surface area contributed by atoms with E-state index in [1.807, 2.05) is 31.2 Å². The Morgan fingerprint density at radius 3 is 2.73 bits per heavy atom. The molecule has 0 N–H and O–H groups in total. The van der Waals surface area contributed by atoms with Gasteiger partial charge in [-0.3, -0.25) is 0 Å². The van der Waals surface area contributed by atoms with Crippen LogP contribution in [0.4, 0.5) is 0 Å². The Balaban J connectivity index is 2.42. The summed E-state index contributed by atoms with van der Waals surface area (Å²) in [4.78, 5) is 4.23. The summed E-state index contributed by atoms with van der Waals surface area (Å²) < 4.78 is 6.22. The predicted molar refractivity (Wildman–Crippen MR) is 66.7 cm³/mol. The molecule has 1 aromatic heterocycles. The molecule has 1 aromatic carbocycles. The van der Waals surface area contributed by atoms with Gasteiger partial charge in [-0.25, -0.2) is 0 Å². The minimum Gasteiger partial charge on any atom is -0.334 e. The topological polar surface area (TPSA) is 38.9 Å². The zero-order valence-electron chi connectivity index (χ0n) is 7.95. The van der Waals surface area contributed by atoms with Gasteiger partial charge in [0.15, 0.2) is 5.82 Å². The second kappa shape index (κ2) is 4.49. The first-order chi connectivity index (χ1) is 7.18. The number of alkyl halides is 1. The Hall–Kier alpha value is -0.620. The van der Waals surface area contributed by atoms with E-state index >= 15 is 0 Å². The monoisotopic (exact) mass is 334 g/mol. The average molecular weight is 335 g/mol. The Morgan fingerprint density at radius 1 is 1.40 bits per heavy atom. The van der Waals surface area contributed by atoms with Crippen LogP contribution >= 0.6 is 34.2 Å². The molecule has 78 valence electrons. The molecule has 0 fully saturated rings. The SMILES string of the molecule is CC(Cl)c1noc(-c2ccccc2I)n1. The van der Waals surface area contributed by atoms with E-state index in [0.29, 0.717) is 11.7 Å². The summed E-state index contributed by atoms with van der Waals surface area (Å²) in [6.45, 7) is 1.81. The highest BCUT2D eigenvalue weighted by Crippen LogP contribution is 2.25. The molecule has 1 atom stereocenters. The molecule has 0 bridgehead atoms. The minimum absolute atomic E-state index is 0.233.